The van der Waals surface area contributed by atoms with Gasteiger partial charge in [0, 0.05) is 21.0 Å². The predicted molar refractivity (Wildman–Crippen MR) is 56.4 cm³/mol. The van der Waals surface area contributed by atoms with E-state index in [2.05, 4.69) is 27.8 Å². The number of halogens is 2. The summed E-state index contributed by atoms with van der Waals surface area (Å²) in [7, 11) is 0. The van der Waals surface area contributed by atoms with Crippen LogP contribution in [-0.4, -0.2) is 0 Å². The lowest BCUT2D eigenvalue weighted by Gasteiger charge is -2.00. The molecular formula is C10H5BrClN. The van der Waals surface area contributed by atoms with E-state index in [1.54, 1.807) is 12.1 Å². The van der Waals surface area contributed by atoms with E-state index in [1.165, 1.54) is 0 Å². The van der Waals surface area contributed by atoms with Crippen molar-refractivity contribution in [1.29, 1.82) is 5.26 Å². The van der Waals surface area contributed by atoms with E-state index in [1.807, 2.05) is 13.0 Å². The van der Waals surface area contributed by atoms with E-state index in [-0.39, 0.29) is 0 Å². The number of aryl methyl sites for hydroxylation is 1. The molecule has 0 spiro atoms. The third kappa shape index (κ3) is 2.49. The maximum Gasteiger partial charge on any atom is 0.152 e. The summed E-state index contributed by atoms with van der Waals surface area (Å²) in [5.74, 6) is 5.01. The van der Waals surface area contributed by atoms with Gasteiger partial charge in [-0.2, -0.15) is 5.26 Å². The zero-order valence-corrected chi connectivity index (χ0v) is 9.20. The Morgan fingerprint density at radius 1 is 1.46 bits per heavy atom. The van der Waals surface area contributed by atoms with E-state index in [9.17, 15) is 0 Å². The fourth-order valence-electron chi connectivity index (χ4n) is 0.837. The van der Waals surface area contributed by atoms with Crippen molar-refractivity contribution in [2.75, 3.05) is 0 Å². The summed E-state index contributed by atoms with van der Waals surface area (Å²) in [5.41, 5.74) is 1.72. The Bertz CT molecular complexity index is 435. The van der Waals surface area contributed by atoms with Gasteiger partial charge in [0.15, 0.2) is 6.07 Å². The lowest BCUT2D eigenvalue weighted by atomic mass is 10.1. The second-order valence-electron chi connectivity index (χ2n) is 2.44. The average molecular weight is 255 g/mol. The zero-order chi connectivity index (χ0) is 9.84. The molecule has 1 rings (SSSR count). The first-order chi connectivity index (χ1) is 6.15. The minimum Gasteiger partial charge on any atom is -0.183 e. The molecule has 0 atom stereocenters. The molecule has 0 saturated heterocycles. The number of rotatable bonds is 0. The SMILES string of the molecule is Cc1cc(Br)c(C#CC#N)cc1Cl. The third-order valence-electron chi connectivity index (χ3n) is 1.50. The van der Waals surface area contributed by atoms with Gasteiger partial charge in [-0.1, -0.05) is 11.6 Å². The molecule has 1 aromatic rings. The quantitative estimate of drug-likeness (QED) is 0.652. The maximum atomic E-state index is 8.27. The standard InChI is InChI=1S/C10H5BrClN/c1-7-5-9(11)8(3-2-4-13)6-10(7)12/h5-6H,1H3. The Morgan fingerprint density at radius 2 is 2.15 bits per heavy atom. The first-order valence-corrected chi connectivity index (χ1v) is 4.68. The second kappa shape index (κ2) is 4.33. The Hall–Kier alpha value is -0.960. The van der Waals surface area contributed by atoms with E-state index in [4.69, 9.17) is 16.9 Å². The van der Waals surface area contributed by atoms with Gasteiger partial charge >= 0.3 is 0 Å². The fraction of sp³-hybridized carbons (Fsp3) is 0.100. The average Bonchev–Trinajstić information content (AvgIpc) is 2.09. The molecule has 0 aliphatic rings. The molecule has 3 heteroatoms. The maximum absolute atomic E-state index is 8.27. The molecule has 0 amide bonds. The van der Waals surface area contributed by atoms with Gasteiger partial charge in [0.1, 0.15) is 0 Å². The monoisotopic (exact) mass is 253 g/mol. The molecule has 0 heterocycles. The van der Waals surface area contributed by atoms with Gasteiger partial charge in [0.05, 0.1) is 0 Å². The van der Waals surface area contributed by atoms with Gasteiger partial charge in [-0.15, -0.1) is 0 Å². The highest BCUT2D eigenvalue weighted by molar-refractivity contribution is 9.10. The minimum absolute atomic E-state index is 0.658. The summed E-state index contributed by atoms with van der Waals surface area (Å²) in [5, 5.41) is 8.93. The summed E-state index contributed by atoms with van der Waals surface area (Å²) in [4.78, 5) is 0. The van der Waals surface area contributed by atoms with E-state index in [0.29, 0.717) is 5.02 Å². The molecule has 0 bridgehead atoms. The first kappa shape index (κ1) is 10.1. The Kier molecular flexibility index (Phi) is 3.37. The van der Waals surface area contributed by atoms with E-state index < -0.39 is 0 Å². The third-order valence-corrected chi connectivity index (χ3v) is 2.56. The molecule has 0 fully saturated rings. The fourth-order valence-corrected chi connectivity index (χ4v) is 1.56. The van der Waals surface area contributed by atoms with Gasteiger partial charge < -0.3 is 0 Å². The van der Waals surface area contributed by atoms with Crippen molar-refractivity contribution in [1.82, 2.24) is 0 Å². The van der Waals surface area contributed by atoms with Crippen LogP contribution in [0, 0.1) is 30.1 Å². The van der Waals surface area contributed by atoms with Crippen LogP contribution >= 0.6 is 27.5 Å². The predicted octanol–water partition coefficient (Wildman–Crippen LogP) is 3.29. The zero-order valence-electron chi connectivity index (χ0n) is 6.86. The molecule has 0 aliphatic heterocycles. The second-order valence-corrected chi connectivity index (χ2v) is 3.70. The van der Waals surface area contributed by atoms with Crippen LogP contribution in [0.3, 0.4) is 0 Å². The normalized spacial score (nSPS) is 8.46. The number of hydrogen-bond acceptors (Lipinski definition) is 1. The van der Waals surface area contributed by atoms with Crippen LogP contribution in [0.25, 0.3) is 0 Å². The summed E-state index contributed by atoms with van der Waals surface area (Å²) < 4.78 is 0.858. The van der Waals surface area contributed by atoms with Gasteiger partial charge in [0.2, 0.25) is 0 Å². The smallest absolute Gasteiger partial charge is 0.152 e. The highest BCUT2D eigenvalue weighted by atomic mass is 79.9. The van der Waals surface area contributed by atoms with Crippen LogP contribution in [0.15, 0.2) is 16.6 Å². The van der Waals surface area contributed by atoms with Crippen LogP contribution in [-0.2, 0) is 0 Å². The molecule has 1 aromatic carbocycles. The van der Waals surface area contributed by atoms with Crippen LogP contribution in [0.4, 0.5) is 0 Å². The minimum atomic E-state index is 0.658. The molecule has 13 heavy (non-hydrogen) atoms. The molecular weight excluding hydrogens is 249 g/mol. The van der Waals surface area contributed by atoms with Gasteiger partial charge in [0.25, 0.3) is 0 Å². The van der Waals surface area contributed by atoms with Crippen molar-refractivity contribution in [3.63, 3.8) is 0 Å². The lowest BCUT2D eigenvalue weighted by Crippen LogP contribution is -1.81. The molecule has 0 radical (unpaired) electrons. The number of hydrogen-bond donors (Lipinski definition) is 0. The van der Waals surface area contributed by atoms with E-state index >= 15 is 0 Å². The lowest BCUT2D eigenvalue weighted by molar-refractivity contribution is 1.43. The topological polar surface area (TPSA) is 23.8 Å². The van der Waals surface area contributed by atoms with E-state index in [0.717, 1.165) is 15.6 Å². The molecule has 0 aromatic heterocycles. The summed E-state index contributed by atoms with van der Waals surface area (Å²) >= 11 is 9.23. The van der Waals surface area contributed by atoms with Gasteiger partial charge in [-0.05, 0) is 46.5 Å². The summed E-state index contributed by atoms with van der Waals surface area (Å²) in [6, 6.07) is 5.37. The Morgan fingerprint density at radius 3 is 2.77 bits per heavy atom. The highest BCUT2D eigenvalue weighted by Gasteiger charge is 2.01. The van der Waals surface area contributed by atoms with Crippen LogP contribution in [0.2, 0.25) is 5.02 Å². The largest absolute Gasteiger partial charge is 0.183 e. The number of nitrogens with zero attached hydrogens (tertiary/aromatic N) is 1. The molecule has 1 nitrogen and oxygen atoms in total. The molecule has 64 valence electrons. The number of nitriles is 1. The van der Waals surface area contributed by atoms with Gasteiger partial charge in [-0.3, -0.25) is 0 Å². The van der Waals surface area contributed by atoms with Crippen molar-refractivity contribution in [2.24, 2.45) is 0 Å². The summed E-state index contributed by atoms with van der Waals surface area (Å²) in [6.07, 6.45) is 0. The highest BCUT2D eigenvalue weighted by Crippen LogP contribution is 2.24. The van der Waals surface area contributed by atoms with Crippen LogP contribution < -0.4 is 0 Å². The van der Waals surface area contributed by atoms with Crippen LogP contribution in [0.1, 0.15) is 11.1 Å². The van der Waals surface area contributed by atoms with Crippen molar-refractivity contribution < 1.29 is 0 Å². The number of benzene rings is 1. The molecule has 0 N–H and O–H groups in total. The molecule has 0 saturated carbocycles. The Balaban J connectivity index is 3.25. The first-order valence-electron chi connectivity index (χ1n) is 3.51. The van der Waals surface area contributed by atoms with Crippen LogP contribution in [0.5, 0.6) is 0 Å². The summed E-state index contributed by atoms with van der Waals surface area (Å²) in [6.45, 7) is 1.91. The van der Waals surface area contributed by atoms with Crippen molar-refractivity contribution in [3.8, 4) is 17.9 Å². The molecule has 0 unspecified atom stereocenters. The van der Waals surface area contributed by atoms with Crippen molar-refractivity contribution in [2.45, 2.75) is 6.92 Å². The van der Waals surface area contributed by atoms with Crippen molar-refractivity contribution >= 4 is 27.5 Å². The molecule has 0 aliphatic carbocycles. The van der Waals surface area contributed by atoms with Gasteiger partial charge in [-0.25, -0.2) is 0 Å². The Labute approximate surface area is 90.5 Å². The van der Waals surface area contributed by atoms with Crippen molar-refractivity contribution in [3.05, 3.63) is 32.8 Å².